The third kappa shape index (κ3) is 3.86. The number of benzene rings is 1. The lowest BCUT2D eigenvalue weighted by molar-refractivity contribution is 0.0972. The van der Waals surface area contributed by atoms with Crippen molar-refractivity contribution in [1.29, 1.82) is 0 Å². The van der Waals surface area contributed by atoms with Crippen molar-refractivity contribution in [3.8, 4) is 0 Å². The van der Waals surface area contributed by atoms with Gasteiger partial charge in [-0.25, -0.2) is 18.6 Å². The first-order valence-electron chi connectivity index (χ1n) is 10.8. The Bertz CT molecular complexity index is 1140. The molecule has 3 aromatic rings. The van der Waals surface area contributed by atoms with Gasteiger partial charge in [0.25, 0.3) is 0 Å². The largest absolute Gasteiger partial charge is 0.393 e. The lowest BCUT2D eigenvalue weighted by Gasteiger charge is -2.29. The van der Waals surface area contributed by atoms with Crippen LogP contribution in [0.4, 0.5) is 25.1 Å². The molecule has 8 nitrogen and oxygen atoms in total. The third-order valence-corrected chi connectivity index (χ3v) is 6.24. The van der Waals surface area contributed by atoms with E-state index in [1.807, 2.05) is 4.90 Å². The number of aliphatic hydroxyl groups excluding tert-OH is 1. The summed E-state index contributed by atoms with van der Waals surface area (Å²) in [5.41, 5.74) is 1.37. The fraction of sp³-hybridized carbons (Fsp3) is 0.409. The van der Waals surface area contributed by atoms with Crippen LogP contribution in [0.25, 0.3) is 11.0 Å². The summed E-state index contributed by atoms with van der Waals surface area (Å²) in [4.78, 5) is 20.6. The number of carbonyl (C=O) groups is 1. The van der Waals surface area contributed by atoms with E-state index in [0.717, 1.165) is 18.6 Å². The summed E-state index contributed by atoms with van der Waals surface area (Å²) in [7, 11) is 0. The molecule has 0 radical (unpaired) electrons. The maximum Gasteiger partial charge on any atom is 0.321 e. The van der Waals surface area contributed by atoms with E-state index in [1.54, 1.807) is 17.2 Å². The Morgan fingerprint density at radius 3 is 2.78 bits per heavy atom. The molecule has 2 saturated heterocycles. The zero-order valence-corrected chi connectivity index (χ0v) is 17.4. The van der Waals surface area contributed by atoms with Gasteiger partial charge in [-0.1, -0.05) is 0 Å². The normalized spacial score (nSPS) is 19.7. The predicted molar refractivity (Wildman–Crippen MR) is 115 cm³/mol. The van der Waals surface area contributed by atoms with Crippen LogP contribution in [0.5, 0.6) is 0 Å². The number of piperidine rings is 1. The van der Waals surface area contributed by atoms with Crippen LogP contribution in [0.2, 0.25) is 0 Å². The van der Waals surface area contributed by atoms with Crippen LogP contribution in [0.15, 0.2) is 30.5 Å². The lowest BCUT2D eigenvalue weighted by atomic mass is 10.0. The second-order valence-electron chi connectivity index (χ2n) is 8.33. The monoisotopic (exact) mass is 442 g/mol. The first-order chi connectivity index (χ1) is 15.5. The fourth-order valence-electron chi connectivity index (χ4n) is 4.56. The number of pyridine rings is 1. The van der Waals surface area contributed by atoms with Crippen molar-refractivity contribution in [2.45, 2.75) is 37.8 Å². The van der Waals surface area contributed by atoms with E-state index >= 15 is 0 Å². The number of amides is 2. The van der Waals surface area contributed by atoms with E-state index in [1.165, 1.54) is 6.07 Å². The molecule has 0 unspecified atom stereocenters. The summed E-state index contributed by atoms with van der Waals surface area (Å²) >= 11 is 0. The molecule has 2 aromatic heterocycles. The highest BCUT2D eigenvalue weighted by molar-refractivity contribution is 5.95. The van der Waals surface area contributed by atoms with E-state index < -0.39 is 11.6 Å². The molecule has 1 aromatic carbocycles. The van der Waals surface area contributed by atoms with Crippen molar-refractivity contribution in [1.82, 2.24) is 20.1 Å². The number of halogens is 2. The van der Waals surface area contributed by atoms with Crippen molar-refractivity contribution in [2.24, 2.45) is 0 Å². The molecule has 0 saturated carbocycles. The van der Waals surface area contributed by atoms with E-state index in [0.29, 0.717) is 67.0 Å². The highest BCUT2D eigenvalue weighted by Crippen LogP contribution is 2.39. The summed E-state index contributed by atoms with van der Waals surface area (Å²) in [6.45, 7) is 1.63. The number of aromatic amines is 1. The van der Waals surface area contributed by atoms with Crippen LogP contribution in [-0.2, 0) is 0 Å². The first-order valence-corrected chi connectivity index (χ1v) is 10.8. The Hall–Kier alpha value is -3.27. The summed E-state index contributed by atoms with van der Waals surface area (Å²) < 4.78 is 28.3. The number of hydrogen-bond donors (Lipinski definition) is 3. The van der Waals surface area contributed by atoms with Crippen molar-refractivity contribution < 1.29 is 18.7 Å². The maximum absolute atomic E-state index is 14.5. The molecule has 168 valence electrons. The number of aliphatic hydroxyl groups is 1. The van der Waals surface area contributed by atoms with Crippen LogP contribution in [0, 0.1) is 11.6 Å². The minimum Gasteiger partial charge on any atom is -0.393 e. The second kappa shape index (κ2) is 8.34. The van der Waals surface area contributed by atoms with E-state index in [2.05, 4.69) is 20.5 Å². The Balaban J connectivity index is 1.41. The molecule has 5 rings (SSSR count). The minimum absolute atomic E-state index is 0.246. The van der Waals surface area contributed by atoms with Gasteiger partial charge in [0.15, 0.2) is 11.5 Å². The Kier molecular flexibility index (Phi) is 5.38. The number of nitrogens with zero attached hydrogens (tertiary/aromatic N) is 4. The molecule has 2 aliphatic heterocycles. The van der Waals surface area contributed by atoms with Gasteiger partial charge in [0, 0.05) is 25.2 Å². The number of rotatable bonds is 3. The molecule has 2 aliphatic rings. The first kappa shape index (κ1) is 20.6. The van der Waals surface area contributed by atoms with Crippen molar-refractivity contribution in [3.63, 3.8) is 0 Å². The molecule has 32 heavy (non-hydrogen) atoms. The highest BCUT2D eigenvalue weighted by Gasteiger charge is 2.31. The van der Waals surface area contributed by atoms with Gasteiger partial charge in [-0.2, -0.15) is 5.10 Å². The number of H-pyrrole nitrogens is 1. The molecule has 0 bridgehead atoms. The van der Waals surface area contributed by atoms with E-state index in [4.69, 9.17) is 0 Å². The number of likely N-dealkylation sites (tertiary alicyclic amines) is 1. The number of carbonyl (C=O) groups excluding carboxylic acids is 1. The van der Waals surface area contributed by atoms with Crippen molar-refractivity contribution >= 4 is 28.6 Å². The molecule has 3 N–H and O–H groups in total. The molecule has 10 heteroatoms. The Morgan fingerprint density at radius 2 is 1.97 bits per heavy atom. The summed E-state index contributed by atoms with van der Waals surface area (Å²) in [6.07, 6.45) is 3.81. The molecule has 0 spiro atoms. The minimum atomic E-state index is -0.475. The molecule has 2 amide bonds. The molecule has 4 heterocycles. The average molecular weight is 442 g/mol. The molecule has 1 atom stereocenters. The smallest absolute Gasteiger partial charge is 0.321 e. The van der Waals surface area contributed by atoms with Gasteiger partial charge in [0.2, 0.25) is 0 Å². The second-order valence-corrected chi connectivity index (χ2v) is 8.33. The topological polar surface area (TPSA) is 97.4 Å². The van der Waals surface area contributed by atoms with E-state index in [-0.39, 0.29) is 18.2 Å². The lowest BCUT2D eigenvalue weighted by Crippen LogP contribution is -2.42. The Morgan fingerprint density at radius 1 is 1.16 bits per heavy atom. The van der Waals surface area contributed by atoms with E-state index in [9.17, 15) is 18.7 Å². The number of urea groups is 1. The molecule has 0 aliphatic carbocycles. The molecule has 2 fully saturated rings. The fourth-order valence-corrected chi connectivity index (χ4v) is 4.56. The van der Waals surface area contributed by atoms with Gasteiger partial charge in [-0.05, 0) is 49.9 Å². The van der Waals surface area contributed by atoms with Gasteiger partial charge in [-0.3, -0.25) is 5.10 Å². The number of aromatic nitrogens is 3. The quantitative estimate of drug-likeness (QED) is 0.576. The van der Waals surface area contributed by atoms with Crippen molar-refractivity contribution in [2.75, 3.05) is 29.9 Å². The number of fused-ring (bicyclic) bond motifs is 1. The van der Waals surface area contributed by atoms with Gasteiger partial charge >= 0.3 is 6.03 Å². The predicted octanol–water partition coefficient (Wildman–Crippen LogP) is 3.57. The van der Waals surface area contributed by atoms with Crippen LogP contribution in [0.1, 0.15) is 37.3 Å². The van der Waals surface area contributed by atoms with Gasteiger partial charge in [0.1, 0.15) is 11.6 Å². The number of hydrogen-bond acceptors (Lipinski definition) is 5. The summed E-state index contributed by atoms with van der Waals surface area (Å²) in [5.74, 6) is -0.325. The van der Waals surface area contributed by atoms with Crippen LogP contribution in [-0.4, -0.2) is 57.0 Å². The SMILES string of the molecule is O=C(Nc1cnc2[nH]nc(N3CCC[C@@H]3c3cc(F)ccc3F)c2c1)N1CCC(O)CC1. The van der Waals surface area contributed by atoms with Gasteiger partial charge in [-0.15, -0.1) is 0 Å². The maximum atomic E-state index is 14.5. The standard InChI is InChI=1S/C22H24F2N6O2/c23-13-3-4-18(24)16(10-13)19-2-1-7-30(19)21-17-11-14(12-25-20(17)27-28-21)26-22(32)29-8-5-15(31)6-9-29/h3-4,10-12,15,19,31H,1-2,5-9H2,(H,26,32)(H,25,27,28)/t19-/m1/s1. The Labute approximate surface area is 183 Å². The average Bonchev–Trinajstić information content (AvgIpc) is 3.42. The zero-order chi connectivity index (χ0) is 22.2. The summed E-state index contributed by atoms with van der Waals surface area (Å²) in [5, 5.41) is 20.5. The highest BCUT2D eigenvalue weighted by atomic mass is 19.1. The number of anilines is 2. The zero-order valence-electron chi connectivity index (χ0n) is 17.4. The van der Waals surface area contributed by atoms with Crippen LogP contribution >= 0.6 is 0 Å². The summed E-state index contributed by atoms with van der Waals surface area (Å²) in [6, 6.07) is 4.71. The van der Waals surface area contributed by atoms with Crippen LogP contribution in [0.3, 0.4) is 0 Å². The molecular formula is C22H24F2N6O2. The van der Waals surface area contributed by atoms with Crippen LogP contribution < -0.4 is 10.2 Å². The number of nitrogens with one attached hydrogen (secondary N) is 2. The van der Waals surface area contributed by atoms with Crippen molar-refractivity contribution in [3.05, 3.63) is 47.7 Å². The van der Waals surface area contributed by atoms with Gasteiger partial charge in [0.05, 0.1) is 29.4 Å². The molecular weight excluding hydrogens is 418 g/mol. The third-order valence-electron chi connectivity index (χ3n) is 6.24. The van der Waals surface area contributed by atoms with Gasteiger partial charge < -0.3 is 20.2 Å².